The van der Waals surface area contributed by atoms with E-state index < -0.39 is 0 Å². The highest BCUT2D eigenvalue weighted by atomic mass is 35.5. The maximum absolute atomic E-state index is 7.63. The highest BCUT2D eigenvalue weighted by Gasteiger charge is 2.55. The summed E-state index contributed by atoms with van der Waals surface area (Å²) in [6, 6.07) is 7.66. The molecular weight excluding hydrogens is 196 g/mol. The van der Waals surface area contributed by atoms with Crippen molar-refractivity contribution < 1.29 is 0 Å². The first-order valence-electron chi connectivity index (χ1n) is 4.68. The van der Waals surface area contributed by atoms with Crippen LogP contribution < -0.4 is 5.73 Å². The van der Waals surface area contributed by atoms with Gasteiger partial charge in [-0.05, 0) is 30.0 Å². The third-order valence-corrected chi connectivity index (χ3v) is 3.36. The Morgan fingerprint density at radius 3 is 2.71 bits per heavy atom. The van der Waals surface area contributed by atoms with Crippen molar-refractivity contribution in [1.82, 2.24) is 0 Å². The molecule has 1 aromatic rings. The van der Waals surface area contributed by atoms with Gasteiger partial charge in [0, 0.05) is 5.02 Å². The minimum Gasteiger partial charge on any atom is -0.387 e. The van der Waals surface area contributed by atoms with Gasteiger partial charge in [0.1, 0.15) is 5.84 Å². The zero-order valence-electron chi connectivity index (χ0n) is 8.05. The van der Waals surface area contributed by atoms with Crippen molar-refractivity contribution in [1.29, 1.82) is 5.41 Å². The highest BCUT2D eigenvalue weighted by molar-refractivity contribution is 6.30. The summed E-state index contributed by atoms with van der Waals surface area (Å²) in [6.07, 6.45) is 0.961. The summed E-state index contributed by atoms with van der Waals surface area (Å²) in [5.74, 6) is 0.714. The lowest BCUT2D eigenvalue weighted by atomic mass is 9.92. The van der Waals surface area contributed by atoms with Crippen LogP contribution in [0.25, 0.3) is 0 Å². The van der Waals surface area contributed by atoms with E-state index in [2.05, 4.69) is 6.92 Å². The Morgan fingerprint density at radius 2 is 2.29 bits per heavy atom. The van der Waals surface area contributed by atoms with Crippen molar-refractivity contribution in [3.63, 3.8) is 0 Å². The molecule has 2 rings (SSSR count). The summed E-state index contributed by atoms with van der Waals surface area (Å²) < 4.78 is 0. The van der Waals surface area contributed by atoms with Crippen LogP contribution in [-0.4, -0.2) is 5.84 Å². The minimum absolute atomic E-state index is 0.231. The van der Waals surface area contributed by atoms with Crippen LogP contribution >= 0.6 is 11.6 Å². The Balaban J connectivity index is 2.44. The smallest absolute Gasteiger partial charge is 0.102 e. The molecular formula is C11H13ClN2. The fourth-order valence-corrected chi connectivity index (χ4v) is 2.31. The van der Waals surface area contributed by atoms with Gasteiger partial charge in [-0.3, -0.25) is 5.41 Å². The van der Waals surface area contributed by atoms with Crippen molar-refractivity contribution >= 4 is 17.4 Å². The van der Waals surface area contributed by atoms with Crippen molar-refractivity contribution in [3.8, 4) is 0 Å². The molecule has 3 N–H and O–H groups in total. The second-order valence-electron chi connectivity index (χ2n) is 4.00. The summed E-state index contributed by atoms with van der Waals surface area (Å²) in [4.78, 5) is 0. The second-order valence-corrected chi connectivity index (χ2v) is 4.44. The molecule has 0 amide bonds. The Kier molecular flexibility index (Phi) is 2.04. The summed E-state index contributed by atoms with van der Waals surface area (Å²) in [5, 5.41) is 8.34. The second kappa shape index (κ2) is 2.99. The molecule has 0 radical (unpaired) electrons. The number of rotatable bonds is 2. The van der Waals surface area contributed by atoms with Gasteiger partial charge < -0.3 is 5.73 Å². The van der Waals surface area contributed by atoms with Gasteiger partial charge in [0.15, 0.2) is 0 Å². The molecule has 0 aliphatic heterocycles. The molecule has 0 saturated heterocycles. The van der Waals surface area contributed by atoms with E-state index in [0.717, 1.165) is 12.0 Å². The zero-order chi connectivity index (χ0) is 10.3. The number of hydrogen-bond acceptors (Lipinski definition) is 1. The molecule has 0 aromatic heterocycles. The largest absolute Gasteiger partial charge is 0.387 e. The summed E-state index contributed by atoms with van der Waals surface area (Å²) >= 11 is 5.92. The normalized spacial score (nSPS) is 30.0. The third kappa shape index (κ3) is 1.22. The molecule has 3 heteroatoms. The first kappa shape index (κ1) is 9.53. The predicted molar refractivity (Wildman–Crippen MR) is 58.8 cm³/mol. The van der Waals surface area contributed by atoms with Crippen LogP contribution in [0.5, 0.6) is 0 Å². The SMILES string of the molecule is CC1CC1(C(=N)N)c1cccc(Cl)c1. The number of benzene rings is 1. The van der Waals surface area contributed by atoms with Crippen LogP contribution in [-0.2, 0) is 5.41 Å². The minimum atomic E-state index is -0.231. The first-order valence-corrected chi connectivity index (χ1v) is 5.05. The first-order chi connectivity index (χ1) is 6.57. The van der Waals surface area contributed by atoms with Gasteiger partial charge in [0.25, 0.3) is 0 Å². The van der Waals surface area contributed by atoms with Gasteiger partial charge in [0.05, 0.1) is 5.41 Å². The van der Waals surface area contributed by atoms with E-state index in [4.69, 9.17) is 22.7 Å². The maximum atomic E-state index is 7.63. The van der Waals surface area contributed by atoms with E-state index in [1.165, 1.54) is 0 Å². The van der Waals surface area contributed by atoms with Gasteiger partial charge in [-0.1, -0.05) is 30.7 Å². The van der Waals surface area contributed by atoms with E-state index in [9.17, 15) is 0 Å². The third-order valence-electron chi connectivity index (χ3n) is 3.13. The molecule has 0 heterocycles. The molecule has 2 atom stereocenters. The van der Waals surface area contributed by atoms with Gasteiger partial charge in [0.2, 0.25) is 0 Å². The van der Waals surface area contributed by atoms with Gasteiger partial charge in [-0.15, -0.1) is 0 Å². The average molecular weight is 209 g/mol. The number of hydrogen-bond donors (Lipinski definition) is 2. The van der Waals surface area contributed by atoms with Gasteiger partial charge >= 0.3 is 0 Å². The lowest BCUT2D eigenvalue weighted by Crippen LogP contribution is -2.29. The molecule has 2 nitrogen and oxygen atoms in total. The average Bonchev–Trinajstić information content (AvgIpc) is 2.79. The molecule has 2 unspecified atom stereocenters. The van der Waals surface area contributed by atoms with Crippen LogP contribution in [0, 0.1) is 11.3 Å². The molecule has 0 bridgehead atoms. The lowest BCUT2D eigenvalue weighted by molar-refractivity contribution is 0.805. The van der Waals surface area contributed by atoms with E-state index in [0.29, 0.717) is 10.9 Å². The van der Waals surface area contributed by atoms with Crippen LogP contribution in [0.15, 0.2) is 24.3 Å². The van der Waals surface area contributed by atoms with Gasteiger partial charge in [-0.2, -0.15) is 0 Å². The topological polar surface area (TPSA) is 49.9 Å². The quantitative estimate of drug-likeness (QED) is 0.570. The zero-order valence-corrected chi connectivity index (χ0v) is 8.81. The maximum Gasteiger partial charge on any atom is 0.102 e. The molecule has 1 saturated carbocycles. The van der Waals surface area contributed by atoms with Crippen LogP contribution in [0.1, 0.15) is 18.9 Å². The molecule has 74 valence electrons. The summed E-state index contributed by atoms with van der Waals surface area (Å²) in [6.45, 7) is 2.11. The Labute approximate surface area is 88.6 Å². The number of halogens is 1. The summed E-state index contributed by atoms with van der Waals surface area (Å²) in [7, 11) is 0. The standard InChI is InChI=1S/C11H13ClN2/c1-7-6-11(7,10(13)14)8-3-2-4-9(12)5-8/h2-5,7H,6H2,1H3,(H3,13,14). The number of amidine groups is 1. The monoisotopic (exact) mass is 208 g/mol. The van der Waals surface area contributed by atoms with Crippen molar-refractivity contribution in [2.24, 2.45) is 11.7 Å². The molecule has 1 aliphatic carbocycles. The molecule has 1 aliphatic rings. The molecule has 1 fully saturated rings. The van der Waals surface area contributed by atoms with Crippen LogP contribution in [0.4, 0.5) is 0 Å². The Morgan fingerprint density at radius 1 is 1.64 bits per heavy atom. The molecule has 14 heavy (non-hydrogen) atoms. The van der Waals surface area contributed by atoms with Crippen molar-refractivity contribution in [2.75, 3.05) is 0 Å². The van der Waals surface area contributed by atoms with Crippen molar-refractivity contribution in [3.05, 3.63) is 34.9 Å². The lowest BCUT2D eigenvalue weighted by Gasteiger charge is -2.15. The molecule has 0 spiro atoms. The van der Waals surface area contributed by atoms with Crippen molar-refractivity contribution in [2.45, 2.75) is 18.8 Å². The highest BCUT2D eigenvalue weighted by Crippen LogP contribution is 2.54. The van der Waals surface area contributed by atoms with E-state index >= 15 is 0 Å². The summed E-state index contributed by atoms with van der Waals surface area (Å²) in [5.41, 5.74) is 6.49. The van der Waals surface area contributed by atoms with Crippen LogP contribution in [0.3, 0.4) is 0 Å². The van der Waals surface area contributed by atoms with E-state index in [-0.39, 0.29) is 11.3 Å². The number of nitrogens with two attached hydrogens (primary N) is 1. The number of nitrogens with one attached hydrogen (secondary N) is 1. The Hall–Kier alpha value is -1.02. The van der Waals surface area contributed by atoms with E-state index in [1.807, 2.05) is 24.3 Å². The van der Waals surface area contributed by atoms with E-state index in [1.54, 1.807) is 0 Å². The molecule has 1 aromatic carbocycles. The predicted octanol–water partition coefficient (Wildman–Crippen LogP) is 2.55. The van der Waals surface area contributed by atoms with Gasteiger partial charge in [-0.25, -0.2) is 0 Å². The fraction of sp³-hybridized carbons (Fsp3) is 0.364. The Bertz CT molecular complexity index is 389. The fourth-order valence-electron chi connectivity index (χ4n) is 2.12. The van der Waals surface area contributed by atoms with Crippen LogP contribution in [0.2, 0.25) is 5.02 Å².